The monoisotopic (exact) mass is 623 g/mol. The fourth-order valence-corrected chi connectivity index (χ4v) is 4.77. The number of hydrogen-bond acceptors (Lipinski definition) is 5. The molecule has 0 aliphatic heterocycles. The van der Waals surface area contributed by atoms with Gasteiger partial charge >= 0.3 is 6.09 Å². The molecule has 0 radical (unpaired) electrons. The van der Waals surface area contributed by atoms with Crippen molar-refractivity contribution >= 4 is 6.09 Å². The molecule has 2 rings (SSSR count). The van der Waals surface area contributed by atoms with Gasteiger partial charge < -0.3 is 24.2 Å². The quantitative estimate of drug-likeness (QED) is 0.103. The van der Waals surface area contributed by atoms with Crippen molar-refractivity contribution in [2.75, 3.05) is 33.0 Å². The Kier molecular flexibility index (Phi) is 18.6. The molecule has 1 unspecified atom stereocenters. The van der Waals surface area contributed by atoms with Crippen LogP contribution in [0.25, 0.3) is 0 Å². The predicted octanol–water partition coefficient (Wildman–Crippen LogP) is 9.39. The number of nitrogens with zero attached hydrogens (tertiary/aromatic N) is 1. The first-order valence-corrected chi connectivity index (χ1v) is 17.0. The highest BCUT2D eigenvalue weighted by Gasteiger charge is 2.22. The van der Waals surface area contributed by atoms with E-state index in [0.717, 1.165) is 64.1 Å². The Morgan fingerprint density at radius 3 is 2.02 bits per heavy atom. The fraction of sp³-hybridized carbons (Fsp3) is 0.615. The van der Waals surface area contributed by atoms with Crippen molar-refractivity contribution in [3.63, 3.8) is 0 Å². The van der Waals surface area contributed by atoms with Crippen LogP contribution in [-0.2, 0) is 15.9 Å². The topological polar surface area (TPSA) is 68.2 Å². The molecule has 6 nitrogen and oxygen atoms in total. The van der Waals surface area contributed by atoms with Crippen molar-refractivity contribution in [2.45, 2.75) is 118 Å². The van der Waals surface area contributed by atoms with Gasteiger partial charge in [0.2, 0.25) is 0 Å². The van der Waals surface area contributed by atoms with Crippen molar-refractivity contribution < 1.29 is 24.1 Å². The van der Waals surface area contributed by atoms with E-state index < -0.39 is 12.2 Å². The minimum atomic E-state index is -0.829. The molecule has 1 N–H and O–H groups in total. The van der Waals surface area contributed by atoms with Gasteiger partial charge in [-0.15, -0.1) is 0 Å². The van der Waals surface area contributed by atoms with Gasteiger partial charge in [0.05, 0.1) is 13.2 Å². The molecule has 1 atom stereocenters. The van der Waals surface area contributed by atoms with Gasteiger partial charge in [0, 0.05) is 12.6 Å². The third kappa shape index (κ3) is 18.7. The zero-order valence-electron chi connectivity index (χ0n) is 29.3. The molecule has 0 spiro atoms. The van der Waals surface area contributed by atoms with Crippen molar-refractivity contribution in [1.82, 2.24) is 4.90 Å². The Morgan fingerprint density at radius 1 is 0.889 bits per heavy atom. The van der Waals surface area contributed by atoms with E-state index in [4.69, 9.17) is 14.2 Å². The van der Waals surface area contributed by atoms with Crippen molar-refractivity contribution in [3.8, 4) is 5.75 Å². The lowest BCUT2D eigenvalue weighted by molar-refractivity contribution is 0.0460. The summed E-state index contributed by atoms with van der Waals surface area (Å²) in [5, 5.41) is 10.6. The third-order valence-corrected chi connectivity index (χ3v) is 8.01. The number of carbonyl (C=O) groups excluding carboxylic acids is 1. The SMILES string of the molecule is CC(C)=CCCC(C)=CCCC(C)=CCCC(C)=CCOC(=O)N(CC(O)COc1ccc(CCOCC2CC2)cc1)C(C)C. The van der Waals surface area contributed by atoms with Crippen molar-refractivity contribution in [2.24, 2.45) is 5.92 Å². The summed E-state index contributed by atoms with van der Waals surface area (Å²) in [5.41, 5.74) is 6.66. The summed E-state index contributed by atoms with van der Waals surface area (Å²) >= 11 is 0. The average Bonchev–Trinajstić information content (AvgIpc) is 3.82. The third-order valence-electron chi connectivity index (χ3n) is 8.01. The molecule has 0 bridgehead atoms. The van der Waals surface area contributed by atoms with Gasteiger partial charge in [0.1, 0.15) is 25.1 Å². The number of carbonyl (C=O) groups is 1. The Labute approximate surface area is 274 Å². The van der Waals surface area contributed by atoms with Gasteiger partial charge in [-0.3, -0.25) is 0 Å². The van der Waals surface area contributed by atoms with E-state index in [0.29, 0.717) is 5.75 Å². The lowest BCUT2D eigenvalue weighted by Crippen LogP contribution is -2.44. The van der Waals surface area contributed by atoms with Gasteiger partial charge in [-0.05, 0) is 136 Å². The molecular formula is C39H61NO5. The van der Waals surface area contributed by atoms with Crippen LogP contribution < -0.4 is 4.74 Å². The molecule has 0 heterocycles. The zero-order valence-corrected chi connectivity index (χ0v) is 29.3. The van der Waals surface area contributed by atoms with Crippen LogP contribution in [0.15, 0.2) is 70.9 Å². The molecule has 45 heavy (non-hydrogen) atoms. The second-order valence-electron chi connectivity index (χ2n) is 13.2. The van der Waals surface area contributed by atoms with E-state index in [1.165, 1.54) is 40.7 Å². The van der Waals surface area contributed by atoms with E-state index >= 15 is 0 Å². The second kappa shape index (κ2) is 21.8. The minimum absolute atomic E-state index is 0.0957. The van der Waals surface area contributed by atoms with Crippen molar-refractivity contribution in [1.29, 1.82) is 0 Å². The maximum Gasteiger partial charge on any atom is 0.410 e. The lowest BCUT2D eigenvalue weighted by Gasteiger charge is -2.28. The summed E-state index contributed by atoms with van der Waals surface area (Å²) in [7, 11) is 0. The van der Waals surface area contributed by atoms with Crippen LogP contribution >= 0.6 is 0 Å². The summed E-state index contributed by atoms with van der Waals surface area (Å²) in [4.78, 5) is 14.3. The number of allylic oxidation sites excluding steroid dienone is 7. The van der Waals surface area contributed by atoms with Crippen molar-refractivity contribution in [3.05, 3.63) is 76.4 Å². The van der Waals surface area contributed by atoms with Crippen LogP contribution in [0, 0.1) is 5.92 Å². The van der Waals surface area contributed by atoms with Gasteiger partial charge in [-0.2, -0.15) is 0 Å². The Balaban J connectivity index is 1.65. The number of aliphatic hydroxyl groups excluding tert-OH is 1. The number of benzene rings is 1. The van der Waals surface area contributed by atoms with Crippen LogP contribution in [-0.4, -0.2) is 61.2 Å². The zero-order chi connectivity index (χ0) is 33.0. The maximum absolute atomic E-state index is 12.8. The van der Waals surface area contributed by atoms with E-state index in [-0.39, 0.29) is 25.8 Å². The molecule has 0 aromatic heterocycles. The molecule has 1 aromatic carbocycles. The highest BCUT2D eigenvalue weighted by molar-refractivity contribution is 5.68. The Morgan fingerprint density at radius 2 is 1.47 bits per heavy atom. The average molecular weight is 624 g/mol. The standard InChI is InChI=1S/C39H61NO5/c1-30(2)11-8-12-32(5)13-9-14-33(6)15-10-16-34(7)23-26-44-39(42)40(31(3)4)27-37(41)29-45-38-21-19-35(20-22-38)24-25-43-28-36-17-18-36/h11,13,15,19-23,31,36-37,41H,8-10,12,14,16-18,24-29H2,1-7H3. The van der Waals surface area contributed by atoms with Crippen LogP contribution in [0.4, 0.5) is 4.79 Å². The van der Waals surface area contributed by atoms with E-state index in [1.807, 2.05) is 44.2 Å². The van der Waals surface area contributed by atoms with Crippen LogP contribution in [0.5, 0.6) is 5.75 Å². The first-order chi connectivity index (χ1) is 21.5. The number of hydrogen-bond donors (Lipinski definition) is 1. The number of rotatable bonds is 22. The summed E-state index contributed by atoms with van der Waals surface area (Å²) in [6.45, 7) is 16.7. The number of aliphatic hydroxyl groups is 1. The first-order valence-electron chi connectivity index (χ1n) is 17.0. The van der Waals surface area contributed by atoms with Gasteiger partial charge in [0.15, 0.2) is 0 Å². The molecular weight excluding hydrogens is 562 g/mol. The first kappa shape index (κ1) is 38.4. The smallest absolute Gasteiger partial charge is 0.410 e. The van der Waals surface area contributed by atoms with E-state index in [2.05, 4.69) is 52.8 Å². The highest BCUT2D eigenvalue weighted by atomic mass is 16.6. The molecule has 1 aliphatic carbocycles. The molecule has 1 fully saturated rings. The summed E-state index contributed by atoms with van der Waals surface area (Å²) in [6, 6.07) is 7.78. The van der Waals surface area contributed by atoms with Crippen LogP contribution in [0.3, 0.4) is 0 Å². The molecule has 6 heteroatoms. The van der Waals surface area contributed by atoms with E-state index in [9.17, 15) is 9.90 Å². The second-order valence-corrected chi connectivity index (χ2v) is 13.2. The summed E-state index contributed by atoms with van der Waals surface area (Å²) < 4.78 is 17.0. The maximum atomic E-state index is 12.8. The van der Waals surface area contributed by atoms with E-state index in [1.54, 1.807) is 4.90 Å². The summed E-state index contributed by atoms with van der Waals surface area (Å²) in [5.74, 6) is 1.48. The largest absolute Gasteiger partial charge is 0.491 e. The van der Waals surface area contributed by atoms with Crippen LogP contribution in [0.1, 0.15) is 105 Å². The van der Waals surface area contributed by atoms with Gasteiger partial charge in [-0.25, -0.2) is 4.79 Å². The molecule has 1 saturated carbocycles. The molecule has 1 aromatic rings. The molecule has 0 saturated heterocycles. The molecule has 1 aliphatic rings. The normalized spacial score (nSPS) is 14.8. The van der Waals surface area contributed by atoms with Gasteiger partial charge in [-0.1, -0.05) is 52.7 Å². The number of ether oxygens (including phenoxy) is 3. The minimum Gasteiger partial charge on any atom is -0.491 e. The highest BCUT2D eigenvalue weighted by Crippen LogP contribution is 2.28. The lowest BCUT2D eigenvalue weighted by atomic mass is 10.0. The Hall–Kier alpha value is -2.83. The van der Waals surface area contributed by atoms with Crippen LogP contribution in [0.2, 0.25) is 0 Å². The summed E-state index contributed by atoms with van der Waals surface area (Å²) in [6.07, 6.45) is 17.5. The number of amides is 1. The van der Waals surface area contributed by atoms with Gasteiger partial charge in [0.25, 0.3) is 0 Å². The Bertz CT molecular complexity index is 1110. The fourth-order valence-electron chi connectivity index (χ4n) is 4.77. The predicted molar refractivity (Wildman–Crippen MR) is 187 cm³/mol. The molecule has 252 valence electrons. The molecule has 1 amide bonds.